The van der Waals surface area contributed by atoms with E-state index in [-0.39, 0.29) is 12.5 Å². The standard InChI is InChI=1S/C14H19N3O4/c1-3-15-12(18)9-16(2)14(21)17(10-13(19)20)11-7-5-4-6-8-11/h4-8H,3,9-10H2,1-2H3,(H,15,18)(H,19,20). The van der Waals surface area contributed by atoms with Crippen molar-refractivity contribution in [2.24, 2.45) is 0 Å². The van der Waals surface area contributed by atoms with Crippen molar-refractivity contribution < 1.29 is 19.5 Å². The van der Waals surface area contributed by atoms with E-state index >= 15 is 0 Å². The van der Waals surface area contributed by atoms with Crippen LogP contribution in [0.15, 0.2) is 30.3 Å². The van der Waals surface area contributed by atoms with Crippen molar-refractivity contribution in [1.29, 1.82) is 0 Å². The fourth-order valence-corrected chi connectivity index (χ4v) is 1.75. The molecule has 0 aliphatic carbocycles. The third-order valence-electron chi connectivity index (χ3n) is 2.67. The molecule has 1 aromatic rings. The van der Waals surface area contributed by atoms with Crippen LogP contribution in [0.5, 0.6) is 0 Å². The van der Waals surface area contributed by atoms with Gasteiger partial charge < -0.3 is 15.3 Å². The zero-order chi connectivity index (χ0) is 15.8. The van der Waals surface area contributed by atoms with E-state index in [1.165, 1.54) is 11.9 Å². The number of carboxylic acids is 1. The molecule has 0 aliphatic rings. The molecule has 0 saturated heterocycles. The normalized spacial score (nSPS) is 9.81. The van der Waals surface area contributed by atoms with Gasteiger partial charge in [-0.15, -0.1) is 0 Å². The number of benzene rings is 1. The Hall–Kier alpha value is -2.57. The van der Waals surface area contributed by atoms with E-state index in [0.29, 0.717) is 12.2 Å². The molecule has 7 heteroatoms. The summed E-state index contributed by atoms with van der Waals surface area (Å²) >= 11 is 0. The molecule has 2 N–H and O–H groups in total. The number of amides is 3. The van der Waals surface area contributed by atoms with Crippen molar-refractivity contribution >= 4 is 23.6 Å². The highest BCUT2D eigenvalue weighted by atomic mass is 16.4. The van der Waals surface area contributed by atoms with Crippen molar-refractivity contribution in [3.63, 3.8) is 0 Å². The average molecular weight is 293 g/mol. The summed E-state index contributed by atoms with van der Waals surface area (Å²) in [7, 11) is 1.45. The fraction of sp³-hybridized carbons (Fsp3) is 0.357. The van der Waals surface area contributed by atoms with E-state index in [4.69, 9.17) is 5.11 Å². The molecule has 0 saturated carbocycles. The van der Waals surface area contributed by atoms with E-state index in [2.05, 4.69) is 5.32 Å². The molecule has 1 rings (SSSR count). The maximum absolute atomic E-state index is 12.3. The molecule has 7 nitrogen and oxygen atoms in total. The second kappa shape index (κ2) is 7.88. The summed E-state index contributed by atoms with van der Waals surface area (Å²) < 4.78 is 0. The van der Waals surface area contributed by atoms with Crippen LogP contribution in [0.3, 0.4) is 0 Å². The number of carboxylic acid groups (broad SMARTS) is 1. The zero-order valence-electron chi connectivity index (χ0n) is 12.1. The lowest BCUT2D eigenvalue weighted by Crippen LogP contribution is -2.47. The van der Waals surface area contributed by atoms with Crippen LogP contribution in [-0.2, 0) is 9.59 Å². The summed E-state index contributed by atoms with van der Waals surface area (Å²) in [5, 5.41) is 11.5. The number of urea groups is 1. The van der Waals surface area contributed by atoms with Gasteiger partial charge in [0.2, 0.25) is 5.91 Å². The summed E-state index contributed by atoms with van der Waals surface area (Å²) in [5.41, 5.74) is 0.465. The zero-order valence-corrected chi connectivity index (χ0v) is 12.1. The average Bonchev–Trinajstić information content (AvgIpc) is 2.45. The Labute approximate surface area is 123 Å². The minimum Gasteiger partial charge on any atom is -0.480 e. The first-order valence-corrected chi connectivity index (χ1v) is 6.51. The van der Waals surface area contributed by atoms with Gasteiger partial charge in [0.25, 0.3) is 0 Å². The Bertz CT molecular complexity index is 504. The molecule has 0 heterocycles. The number of anilines is 1. The molecule has 0 aliphatic heterocycles. The van der Waals surface area contributed by atoms with Gasteiger partial charge in [0.1, 0.15) is 13.1 Å². The van der Waals surface area contributed by atoms with Crippen LogP contribution in [0, 0.1) is 0 Å². The minimum absolute atomic E-state index is 0.129. The van der Waals surface area contributed by atoms with Gasteiger partial charge in [0.15, 0.2) is 0 Å². The Morgan fingerprint density at radius 3 is 2.29 bits per heavy atom. The van der Waals surface area contributed by atoms with Crippen molar-refractivity contribution in [2.75, 3.05) is 31.6 Å². The summed E-state index contributed by atoms with van der Waals surface area (Å²) in [6.45, 7) is 1.65. The number of para-hydroxylation sites is 1. The number of nitrogens with one attached hydrogen (secondary N) is 1. The monoisotopic (exact) mass is 293 g/mol. The third kappa shape index (κ3) is 5.13. The summed E-state index contributed by atoms with van der Waals surface area (Å²) in [6.07, 6.45) is 0. The lowest BCUT2D eigenvalue weighted by atomic mass is 10.3. The van der Waals surface area contributed by atoms with Gasteiger partial charge >= 0.3 is 12.0 Å². The highest BCUT2D eigenvalue weighted by molar-refractivity contribution is 5.97. The topological polar surface area (TPSA) is 90.0 Å². The van der Waals surface area contributed by atoms with Gasteiger partial charge in [-0.25, -0.2) is 4.79 Å². The van der Waals surface area contributed by atoms with Crippen molar-refractivity contribution in [1.82, 2.24) is 10.2 Å². The first-order chi connectivity index (χ1) is 9.95. The molecule has 114 valence electrons. The van der Waals surface area contributed by atoms with Gasteiger partial charge in [-0.3, -0.25) is 14.5 Å². The molecular weight excluding hydrogens is 274 g/mol. The number of hydrogen-bond acceptors (Lipinski definition) is 3. The number of hydrogen-bond donors (Lipinski definition) is 2. The van der Waals surface area contributed by atoms with E-state index in [1.54, 1.807) is 37.3 Å². The largest absolute Gasteiger partial charge is 0.480 e. The third-order valence-corrected chi connectivity index (χ3v) is 2.67. The van der Waals surface area contributed by atoms with Crippen LogP contribution in [0.25, 0.3) is 0 Å². The lowest BCUT2D eigenvalue weighted by molar-refractivity contribution is -0.135. The fourth-order valence-electron chi connectivity index (χ4n) is 1.75. The predicted octanol–water partition coefficient (Wildman–Crippen LogP) is 0.766. The van der Waals surface area contributed by atoms with Crippen LogP contribution in [-0.4, -0.2) is 54.6 Å². The number of aliphatic carboxylic acids is 1. The van der Waals surface area contributed by atoms with Gasteiger partial charge in [-0.2, -0.15) is 0 Å². The molecule has 1 aromatic carbocycles. The summed E-state index contributed by atoms with van der Waals surface area (Å²) in [5.74, 6) is -1.42. The first-order valence-electron chi connectivity index (χ1n) is 6.51. The van der Waals surface area contributed by atoms with Gasteiger partial charge in [0, 0.05) is 19.3 Å². The number of carbonyl (C=O) groups excluding carboxylic acids is 2. The Kier molecular flexibility index (Phi) is 6.19. The highest BCUT2D eigenvalue weighted by Gasteiger charge is 2.23. The van der Waals surface area contributed by atoms with Crippen molar-refractivity contribution in [2.45, 2.75) is 6.92 Å². The maximum atomic E-state index is 12.3. The minimum atomic E-state index is -1.13. The second-order valence-corrected chi connectivity index (χ2v) is 4.41. The van der Waals surface area contributed by atoms with Gasteiger partial charge in [0.05, 0.1) is 0 Å². The van der Waals surface area contributed by atoms with Crippen molar-refractivity contribution in [3.05, 3.63) is 30.3 Å². The number of rotatable bonds is 6. The quantitative estimate of drug-likeness (QED) is 0.810. The van der Waals surface area contributed by atoms with Crippen LogP contribution >= 0.6 is 0 Å². The van der Waals surface area contributed by atoms with Crippen LogP contribution in [0.1, 0.15) is 6.92 Å². The summed E-state index contributed by atoms with van der Waals surface area (Å²) in [4.78, 5) is 37.1. The molecule has 0 fully saturated rings. The Morgan fingerprint density at radius 2 is 1.76 bits per heavy atom. The van der Waals surface area contributed by atoms with Gasteiger partial charge in [-0.05, 0) is 19.1 Å². The van der Waals surface area contributed by atoms with E-state index in [1.807, 2.05) is 0 Å². The molecule has 0 atom stereocenters. The molecule has 0 spiro atoms. The van der Waals surface area contributed by atoms with E-state index in [0.717, 1.165) is 4.90 Å². The second-order valence-electron chi connectivity index (χ2n) is 4.41. The number of likely N-dealkylation sites (N-methyl/N-ethyl adjacent to an activating group) is 2. The van der Waals surface area contributed by atoms with E-state index < -0.39 is 18.5 Å². The Balaban J connectivity index is 2.85. The predicted molar refractivity (Wildman–Crippen MR) is 78.1 cm³/mol. The van der Waals surface area contributed by atoms with E-state index in [9.17, 15) is 14.4 Å². The van der Waals surface area contributed by atoms with Crippen LogP contribution in [0.4, 0.5) is 10.5 Å². The Morgan fingerprint density at radius 1 is 1.14 bits per heavy atom. The molecular formula is C14H19N3O4. The SMILES string of the molecule is CCNC(=O)CN(C)C(=O)N(CC(=O)O)c1ccccc1. The highest BCUT2D eigenvalue weighted by Crippen LogP contribution is 2.14. The molecule has 0 radical (unpaired) electrons. The molecule has 21 heavy (non-hydrogen) atoms. The molecule has 0 unspecified atom stereocenters. The molecule has 0 bridgehead atoms. The summed E-state index contributed by atoms with van der Waals surface area (Å²) in [6, 6.07) is 7.92. The molecule has 0 aromatic heterocycles. The smallest absolute Gasteiger partial charge is 0.325 e. The van der Waals surface area contributed by atoms with Crippen LogP contribution in [0.2, 0.25) is 0 Å². The first kappa shape index (κ1) is 16.5. The number of carbonyl (C=O) groups is 3. The van der Waals surface area contributed by atoms with Crippen molar-refractivity contribution in [3.8, 4) is 0 Å². The molecule has 3 amide bonds. The van der Waals surface area contributed by atoms with Crippen LogP contribution < -0.4 is 10.2 Å². The lowest BCUT2D eigenvalue weighted by Gasteiger charge is -2.26. The van der Waals surface area contributed by atoms with Gasteiger partial charge in [-0.1, -0.05) is 18.2 Å². The maximum Gasteiger partial charge on any atom is 0.325 e. The number of nitrogens with zero attached hydrogens (tertiary/aromatic N) is 2.